The molecule has 0 radical (unpaired) electrons. The van der Waals surface area contributed by atoms with E-state index in [1.807, 2.05) is 19.1 Å². The number of ether oxygens (including phenoxy) is 1. The predicted molar refractivity (Wildman–Crippen MR) is 76.4 cm³/mol. The Balaban J connectivity index is 2.94. The molecule has 3 heteroatoms. The topological polar surface area (TPSA) is 35.2 Å². The fourth-order valence-corrected chi connectivity index (χ4v) is 2.50. The van der Waals surface area contributed by atoms with Gasteiger partial charge in [0.25, 0.3) is 0 Å². The summed E-state index contributed by atoms with van der Waals surface area (Å²) in [5, 5.41) is 0. The van der Waals surface area contributed by atoms with Crippen molar-refractivity contribution in [3.8, 4) is 5.75 Å². The first kappa shape index (κ1) is 14.5. The molecule has 0 aliphatic rings. The normalized spacial score (nSPS) is 15.5. The van der Waals surface area contributed by atoms with Gasteiger partial charge in [0.2, 0.25) is 0 Å². The van der Waals surface area contributed by atoms with Crippen LogP contribution in [0.25, 0.3) is 0 Å². The van der Waals surface area contributed by atoms with E-state index in [1.165, 1.54) is 5.56 Å². The average Bonchev–Trinajstić information content (AvgIpc) is 2.13. The van der Waals surface area contributed by atoms with Gasteiger partial charge in [0, 0.05) is 11.5 Å². The van der Waals surface area contributed by atoms with E-state index in [9.17, 15) is 0 Å². The third-order valence-electron chi connectivity index (χ3n) is 2.67. The summed E-state index contributed by atoms with van der Waals surface area (Å²) in [5.74, 6) is 0.854. The zero-order chi connectivity index (χ0) is 13.2. The number of hydrogen-bond donors (Lipinski definition) is 1. The molecule has 17 heavy (non-hydrogen) atoms. The van der Waals surface area contributed by atoms with Gasteiger partial charge in [-0.15, -0.1) is 0 Å². The van der Waals surface area contributed by atoms with Crippen molar-refractivity contribution in [3.05, 3.63) is 28.2 Å². The van der Waals surface area contributed by atoms with Gasteiger partial charge in [0.1, 0.15) is 11.9 Å². The van der Waals surface area contributed by atoms with Crippen LogP contribution in [0, 0.1) is 12.3 Å². The van der Waals surface area contributed by atoms with Crippen molar-refractivity contribution < 1.29 is 4.74 Å². The monoisotopic (exact) mass is 299 g/mol. The fraction of sp³-hybridized carbons (Fsp3) is 0.571. The summed E-state index contributed by atoms with van der Waals surface area (Å²) in [6.45, 7) is 10.5. The molecule has 0 saturated carbocycles. The molecule has 2 unspecified atom stereocenters. The van der Waals surface area contributed by atoms with Crippen molar-refractivity contribution in [3.63, 3.8) is 0 Å². The summed E-state index contributed by atoms with van der Waals surface area (Å²) in [6, 6.07) is 6.07. The lowest BCUT2D eigenvalue weighted by Gasteiger charge is -2.34. The lowest BCUT2D eigenvalue weighted by molar-refractivity contribution is 0.0677. The summed E-state index contributed by atoms with van der Waals surface area (Å²) >= 11 is 3.53. The second kappa shape index (κ2) is 5.40. The molecule has 0 spiro atoms. The second-order valence-corrected chi connectivity index (χ2v) is 6.55. The van der Waals surface area contributed by atoms with E-state index < -0.39 is 0 Å². The fourth-order valence-electron chi connectivity index (χ4n) is 1.91. The molecule has 1 rings (SSSR count). The zero-order valence-electron chi connectivity index (χ0n) is 11.3. The maximum absolute atomic E-state index is 6.05. The van der Waals surface area contributed by atoms with Crippen LogP contribution >= 0.6 is 15.9 Å². The molecule has 0 aliphatic carbocycles. The minimum Gasteiger partial charge on any atom is -0.487 e. The minimum absolute atomic E-state index is 0.0109. The summed E-state index contributed by atoms with van der Waals surface area (Å²) < 4.78 is 7.03. The molecule has 2 atom stereocenters. The van der Waals surface area contributed by atoms with Crippen molar-refractivity contribution in [2.24, 2.45) is 11.1 Å². The predicted octanol–water partition coefficient (Wildman–Crippen LogP) is 3.90. The Kier molecular flexibility index (Phi) is 4.62. The van der Waals surface area contributed by atoms with Crippen LogP contribution in [0.15, 0.2) is 22.7 Å². The van der Waals surface area contributed by atoms with Crippen LogP contribution in [-0.4, -0.2) is 12.1 Å². The standard InChI is InChI=1S/C14H22BrNO/c1-9-6-7-12(11(15)8-9)17-13(10(2)16)14(3,4)5/h6-8,10,13H,16H2,1-5H3. The van der Waals surface area contributed by atoms with Gasteiger partial charge in [0.15, 0.2) is 0 Å². The smallest absolute Gasteiger partial charge is 0.134 e. The molecule has 0 aromatic heterocycles. The van der Waals surface area contributed by atoms with Gasteiger partial charge in [0.05, 0.1) is 4.47 Å². The Morgan fingerprint density at radius 3 is 2.29 bits per heavy atom. The summed E-state index contributed by atoms with van der Waals surface area (Å²) in [4.78, 5) is 0. The highest BCUT2D eigenvalue weighted by molar-refractivity contribution is 9.10. The Labute approximate surface area is 113 Å². The minimum atomic E-state index is -0.0125. The zero-order valence-corrected chi connectivity index (χ0v) is 12.8. The van der Waals surface area contributed by atoms with E-state index >= 15 is 0 Å². The molecule has 0 bridgehead atoms. The SMILES string of the molecule is Cc1ccc(OC(C(C)N)C(C)(C)C)c(Br)c1. The highest BCUT2D eigenvalue weighted by atomic mass is 79.9. The van der Waals surface area contributed by atoms with E-state index in [-0.39, 0.29) is 17.6 Å². The molecule has 2 nitrogen and oxygen atoms in total. The number of aryl methyl sites for hydroxylation is 1. The molecule has 1 aromatic carbocycles. The molecule has 0 saturated heterocycles. The van der Waals surface area contributed by atoms with Crippen LogP contribution in [-0.2, 0) is 0 Å². The first-order chi connectivity index (χ1) is 7.71. The average molecular weight is 300 g/mol. The molecule has 2 N–H and O–H groups in total. The van der Waals surface area contributed by atoms with Gasteiger partial charge in [-0.1, -0.05) is 26.8 Å². The first-order valence-electron chi connectivity index (χ1n) is 5.90. The Morgan fingerprint density at radius 2 is 1.88 bits per heavy atom. The van der Waals surface area contributed by atoms with Crippen molar-refractivity contribution in [2.45, 2.75) is 46.8 Å². The van der Waals surface area contributed by atoms with E-state index in [1.54, 1.807) is 0 Å². The largest absolute Gasteiger partial charge is 0.487 e. The van der Waals surface area contributed by atoms with Gasteiger partial charge >= 0.3 is 0 Å². The van der Waals surface area contributed by atoms with Crippen LogP contribution in [0.2, 0.25) is 0 Å². The maximum Gasteiger partial charge on any atom is 0.134 e. The molecular weight excluding hydrogens is 278 g/mol. The lowest BCUT2D eigenvalue weighted by Crippen LogP contribution is -2.45. The second-order valence-electron chi connectivity index (χ2n) is 5.70. The number of rotatable bonds is 3. The van der Waals surface area contributed by atoms with E-state index in [0.717, 1.165) is 10.2 Å². The maximum atomic E-state index is 6.05. The third-order valence-corrected chi connectivity index (χ3v) is 3.29. The third kappa shape index (κ3) is 4.00. The van der Waals surface area contributed by atoms with Gasteiger partial charge in [-0.3, -0.25) is 0 Å². The van der Waals surface area contributed by atoms with E-state index in [4.69, 9.17) is 10.5 Å². The Morgan fingerprint density at radius 1 is 1.29 bits per heavy atom. The van der Waals surface area contributed by atoms with Crippen molar-refractivity contribution >= 4 is 15.9 Å². The number of hydrogen-bond acceptors (Lipinski definition) is 2. The Hall–Kier alpha value is -0.540. The molecule has 0 amide bonds. The molecule has 1 aromatic rings. The lowest BCUT2D eigenvalue weighted by atomic mass is 9.85. The summed E-state index contributed by atoms with van der Waals surface area (Å²) in [7, 11) is 0. The van der Waals surface area contributed by atoms with Gasteiger partial charge in [-0.2, -0.15) is 0 Å². The summed E-state index contributed by atoms with van der Waals surface area (Å²) in [6.07, 6.45) is -0.0125. The van der Waals surface area contributed by atoms with Crippen LogP contribution in [0.5, 0.6) is 5.75 Å². The van der Waals surface area contributed by atoms with Gasteiger partial charge < -0.3 is 10.5 Å². The molecule has 96 valence electrons. The van der Waals surface area contributed by atoms with Crippen LogP contribution in [0.4, 0.5) is 0 Å². The van der Waals surface area contributed by atoms with Crippen LogP contribution < -0.4 is 10.5 Å². The quantitative estimate of drug-likeness (QED) is 0.919. The van der Waals surface area contributed by atoms with Crippen molar-refractivity contribution in [2.75, 3.05) is 0 Å². The van der Waals surface area contributed by atoms with Crippen LogP contribution in [0.3, 0.4) is 0 Å². The molecule has 0 heterocycles. The summed E-state index contributed by atoms with van der Waals surface area (Å²) in [5.41, 5.74) is 7.23. The van der Waals surface area contributed by atoms with Gasteiger partial charge in [-0.05, 0) is 47.5 Å². The highest BCUT2D eigenvalue weighted by Gasteiger charge is 2.30. The van der Waals surface area contributed by atoms with Crippen LogP contribution in [0.1, 0.15) is 33.3 Å². The van der Waals surface area contributed by atoms with Crippen molar-refractivity contribution in [1.82, 2.24) is 0 Å². The molecule has 0 fully saturated rings. The Bertz CT molecular complexity index is 382. The molecule has 0 aliphatic heterocycles. The van der Waals surface area contributed by atoms with E-state index in [2.05, 4.69) is 49.7 Å². The first-order valence-corrected chi connectivity index (χ1v) is 6.69. The number of benzene rings is 1. The van der Waals surface area contributed by atoms with Crippen molar-refractivity contribution in [1.29, 1.82) is 0 Å². The van der Waals surface area contributed by atoms with E-state index in [0.29, 0.717) is 0 Å². The van der Waals surface area contributed by atoms with Gasteiger partial charge in [-0.25, -0.2) is 0 Å². The number of nitrogens with two attached hydrogens (primary N) is 1. The highest BCUT2D eigenvalue weighted by Crippen LogP contribution is 2.31. The number of halogens is 1. The molecular formula is C14H22BrNO.